The normalized spacial score (nSPS) is 12.0. The average molecular weight is 356 g/mol. The minimum absolute atomic E-state index is 0.0459. The van der Waals surface area contributed by atoms with Gasteiger partial charge in [0, 0.05) is 0 Å². The molecule has 0 radical (unpaired) electrons. The third kappa shape index (κ3) is 2.93. The fourth-order valence-electron chi connectivity index (χ4n) is 2.26. The number of carboxylic acid groups (broad SMARTS) is 1. The molecule has 0 fully saturated rings. The van der Waals surface area contributed by atoms with Crippen LogP contribution in [0.1, 0.15) is 41.1 Å². The Morgan fingerprint density at radius 2 is 2.18 bits per heavy atom. The standard InChI is InChI=1S/C14H11Cl2N3O2S/c1-2-10(7-3-4-8(15)9(16)5-7)19-11(6-17)12(13(20)21)18-14(19)22/h3-5,10H,2H2,1H3,(H,18,22)(H,20,21). The van der Waals surface area contributed by atoms with Gasteiger partial charge in [0.25, 0.3) is 0 Å². The zero-order valence-electron chi connectivity index (χ0n) is 11.4. The number of thiol groups is 1. The van der Waals surface area contributed by atoms with Crippen LogP contribution in [0.5, 0.6) is 0 Å². The Bertz CT molecular complexity index is 783. The topological polar surface area (TPSA) is 78.9 Å². The number of aromatic nitrogens is 2. The fraction of sp³-hybridized carbons (Fsp3) is 0.214. The molecule has 1 unspecified atom stereocenters. The highest BCUT2D eigenvalue weighted by molar-refractivity contribution is 7.80. The maximum Gasteiger partial charge on any atom is 0.357 e. The summed E-state index contributed by atoms with van der Waals surface area (Å²) in [5.41, 5.74) is 0.430. The summed E-state index contributed by atoms with van der Waals surface area (Å²) < 4.78 is 1.49. The highest BCUT2D eigenvalue weighted by Gasteiger charge is 2.25. The second-order valence-corrected chi connectivity index (χ2v) is 5.71. The molecule has 114 valence electrons. The number of carboxylic acids is 1. The number of nitrogens with zero attached hydrogens (tertiary/aromatic N) is 3. The summed E-state index contributed by atoms with van der Waals surface area (Å²) in [7, 11) is 0. The molecular formula is C14H11Cl2N3O2S. The Balaban J connectivity index is 2.64. The van der Waals surface area contributed by atoms with E-state index in [4.69, 9.17) is 28.3 Å². The Kier molecular flexibility index (Phi) is 5.01. The van der Waals surface area contributed by atoms with E-state index in [0.717, 1.165) is 5.56 Å². The first-order valence-electron chi connectivity index (χ1n) is 6.30. The molecule has 1 aromatic heterocycles. The molecule has 0 amide bonds. The molecule has 2 rings (SSSR count). The van der Waals surface area contributed by atoms with Crippen molar-refractivity contribution in [3.63, 3.8) is 0 Å². The number of hydrogen-bond acceptors (Lipinski definition) is 4. The largest absolute Gasteiger partial charge is 0.476 e. The van der Waals surface area contributed by atoms with E-state index in [1.807, 2.05) is 13.0 Å². The number of halogens is 2. The quantitative estimate of drug-likeness (QED) is 0.810. The van der Waals surface area contributed by atoms with Crippen molar-refractivity contribution >= 4 is 41.8 Å². The minimum Gasteiger partial charge on any atom is -0.476 e. The Hall–Kier alpha value is -1.68. The van der Waals surface area contributed by atoms with Gasteiger partial charge in [0.15, 0.2) is 16.5 Å². The van der Waals surface area contributed by atoms with Crippen molar-refractivity contribution in [2.75, 3.05) is 0 Å². The monoisotopic (exact) mass is 355 g/mol. The minimum atomic E-state index is -1.27. The number of aromatic carboxylic acids is 1. The van der Waals surface area contributed by atoms with Crippen molar-refractivity contribution in [3.8, 4) is 6.07 Å². The van der Waals surface area contributed by atoms with Crippen LogP contribution in [-0.4, -0.2) is 20.6 Å². The van der Waals surface area contributed by atoms with Crippen LogP contribution in [0.15, 0.2) is 23.4 Å². The SMILES string of the molecule is CCC(c1ccc(Cl)c(Cl)c1)n1c(S)nc(C(=O)O)c1C#N. The van der Waals surface area contributed by atoms with E-state index >= 15 is 0 Å². The highest BCUT2D eigenvalue weighted by Crippen LogP contribution is 2.32. The van der Waals surface area contributed by atoms with Crippen LogP contribution < -0.4 is 0 Å². The number of benzene rings is 1. The van der Waals surface area contributed by atoms with Crippen LogP contribution in [0, 0.1) is 11.3 Å². The fourth-order valence-corrected chi connectivity index (χ4v) is 2.90. The molecular weight excluding hydrogens is 345 g/mol. The van der Waals surface area contributed by atoms with E-state index in [1.165, 1.54) is 4.57 Å². The van der Waals surface area contributed by atoms with Crippen LogP contribution in [0.25, 0.3) is 0 Å². The van der Waals surface area contributed by atoms with E-state index in [1.54, 1.807) is 18.2 Å². The van der Waals surface area contributed by atoms with E-state index in [9.17, 15) is 10.1 Å². The lowest BCUT2D eigenvalue weighted by Crippen LogP contribution is -2.13. The second kappa shape index (κ2) is 6.61. The van der Waals surface area contributed by atoms with Crippen molar-refractivity contribution in [1.82, 2.24) is 9.55 Å². The predicted octanol–water partition coefficient (Wildman–Crippen LogP) is 4.05. The maximum absolute atomic E-state index is 11.2. The van der Waals surface area contributed by atoms with Crippen LogP contribution in [-0.2, 0) is 0 Å². The Labute approximate surface area is 142 Å². The average Bonchev–Trinajstić information content (AvgIpc) is 2.81. The third-order valence-electron chi connectivity index (χ3n) is 3.23. The molecule has 0 spiro atoms. The van der Waals surface area contributed by atoms with Crippen molar-refractivity contribution in [3.05, 3.63) is 45.2 Å². The Morgan fingerprint density at radius 3 is 2.68 bits per heavy atom. The molecule has 1 atom stereocenters. The van der Waals surface area contributed by atoms with E-state index < -0.39 is 5.97 Å². The lowest BCUT2D eigenvalue weighted by atomic mass is 10.0. The van der Waals surface area contributed by atoms with Gasteiger partial charge in [-0.3, -0.25) is 0 Å². The molecule has 0 aliphatic carbocycles. The second-order valence-electron chi connectivity index (χ2n) is 4.49. The van der Waals surface area contributed by atoms with E-state index in [0.29, 0.717) is 16.5 Å². The summed E-state index contributed by atoms with van der Waals surface area (Å²) in [6.45, 7) is 1.90. The lowest BCUT2D eigenvalue weighted by molar-refractivity contribution is 0.0690. The number of hydrogen-bond donors (Lipinski definition) is 2. The van der Waals surface area contributed by atoms with Gasteiger partial charge in [-0.15, -0.1) is 12.6 Å². The van der Waals surface area contributed by atoms with Crippen molar-refractivity contribution < 1.29 is 9.90 Å². The number of nitriles is 1. The summed E-state index contributed by atoms with van der Waals surface area (Å²) in [4.78, 5) is 15.1. The first-order chi connectivity index (χ1) is 10.4. The summed E-state index contributed by atoms with van der Waals surface area (Å²) in [5, 5.41) is 19.4. The molecule has 0 aliphatic heterocycles. The van der Waals surface area contributed by atoms with Gasteiger partial charge in [0.05, 0.1) is 16.1 Å². The molecule has 5 nitrogen and oxygen atoms in total. The number of carbonyl (C=O) groups is 1. The summed E-state index contributed by atoms with van der Waals surface area (Å²) in [6.07, 6.45) is 0.593. The van der Waals surface area contributed by atoms with Crippen molar-refractivity contribution in [2.45, 2.75) is 24.5 Å². The molecule has 1 heterocycles. The first-order valence-corrected chi connectivity index (χ1v) is 7.50. The summed E-state index contributed by atoms with van der Waals surface area (Å²) in [6, 6.07) is 6.68. The molecule has 1 aromatic carbocycles. The van der Waals surface area contributed by atoms with Crippen LogP contribution in [0.4, 0.5) is 0 Å². The van der Waals surface area contributed by atoms with Gasteiger partial charge in [-0.2, -0.15) is 5.26 Å². The van der Waals surface area contributed by atoms with Gasteiger partial charge < -0.3 is 9.67 Å². The van der Waals surface area contributed by atoms with Gasteiger partial charge in [-0.05, 0) is 24.1 Å². The van der Waals surface area contributed by atoms with Crippen LogP contribution in [0.3, 0.4) is 0 Å². The van der Waals surface area contributed by atoms with Gasteiger partial charge in [-0.25, -0.2) is 9.78 Å². The van der Waals surface area contributed by atoms with Crippen LogP contribution >= 0.6 is 35.8 Å². The van der Waals surface area contributed by atoms with Crippen molar-refractivity contribution in [1.29, 1.82) is 5.26 Å². The van der Waals surface area contributed by atoms with Gasteiger partial charge in [-0.1, -0.05) is 36.2 Å². The zero-order chi connectivity index (χ0) is 16.4. The van der Waals surface area contributed by atoms with E-state index in [2.05, 4.69) is 17.6 Å². The number of imidazole rings is 1. The third-order valence-corrected chi connectivity index (χ3v) is 4.28. The molecule has 0 aliphatic rings. The van der Waals surface area contributed by atoms with Gasteiger partial charge in [0.1, 0.15) is 6.07 Å². The van der Waals surface area contributed by atoms with Gasteiger partial charge in [0.2, 0.25) is 0 Å². The predicted molar refractivity (Wildman–Crippen MR) is 86.0 cm³/mol. The molecule has 1 N–H and O–H groups in total. The smallest absolute Gasteiger partial charge is 0.357 e. The molecule has 0 saturated heterocycles. The molecule has 8 heteroatoms. The maximum atomic E-state index is 11.2. The molecule has 2 aromatic rings. The van der Waals surface area contributed by atoms with E-state index in [-0.39, 0.29) is 22.6 Å². The van der Waals surface area contributed by atoms with Crippen molar-refractivity contribution in [2.24, 2.45) is 0 Å². The van der Waals surface area contributed by atoms with Gasteiger partial charge >= 0.3 is 5.97 Å². The summed E-state index contributed by atoms with van der Waals surface area (Å²) in [5.74, 6) is -1.27. The lowest BCUT2D eigenvalue weighted by Gasteiger charge is -2.20. The molecule has 0 saturated carbocycles. The molecule has 0 bridgehead atoms. The zero-order valence-corrected chi connectivity index (χ0v) is 13.8. The molecule has 22 heavy (non-hydrogen) atoms. The summed E-state index contributed by atoms with van der Waals surface area (Å²) >= 11 is 16.2. The Morgan fingerprint density at radius 1 is 1.50 bits per heavy atom. The van der Waals surface area contributed by atoms with Crippen LogP contribution in [0.2, 0.25) is 10.0 Å². The number of rotatable bonds is 4. The highest BCUT2D eigenvalue weighted by atomic mass is 35.5. The first kappa shape index (κ1) is 16.7.